The molecular formula is C5H10NNaO3P+. The summed E-state index contributed by atoms with van der Waals surface area (Å²) in [7, 11) is -2.27. The van der Waals surface area contributed by atoms with E-state index in [4.69, 9.17) is 0 Å². The van der Waals surface area contributed by atoms with Gasteiger partial charge in [0.25, 0.3) is 0 Å². The minimum Gasteiger partial charge on any atom is -0.596 e. The van der Waals surface area contributed by atoms with Crippen LogP contribution in [-0.4, -0.2) is 19.0 Å². The Bertz CT molecular complexity index is 131. The molecule has 0 radical (unpaired) electrons. The molecule has 6 heteroatoms. The van der Waals surface area contributed by atoms with Crippen LogP contribution in [0.4, 0.5) is 0 Å². The summed E-state index contributed by atoms with van der Waals surface area (Å²) in [6.45, 7) is 2.32. The van der Waals surface area contributed by atoms with Gasteiger partial charge in [-0.05, 0) is 6.92 Å². The Kier molecular flexibility index (Phi) is 13.5. The smallest absolute Gasteiger partial charge is 0.596 e. The maximum atomic E-state index is 9.97. The zero-order valence-corrected chi connectivity index (χ0v) is 9.71. The first-order valence-corrected chi connectivity index (χ1v) is 4.39. The predicted octanol–water partition coefficient (Wildman–Crippen LogP) is -2.49. The third-order valence-electron chi connectivity index (χ3n) is 0.719. The normalized spacial score (nSPS) is 10.9. The van der Waals surface area contributed by atoms with Gasteiger partial charge in [-0.1, -0.05) is 9.72 Å². The van der Waals surface area contributed by atoms with Crippen LogP contribution in [0.15, 0.2) is 5.16 Å². The molecule has 0 rings (SSSR count). The van der Waals surface area contributed by atoms with Crippen molar-refractivity contribution in [2.24, 2.45) is 5.16 Å². The van der Waals surface area contributed by atoms with Gasteiger partial charge in [-0.3, -0.25) is 0 Å². The number of nitrogens with zero attached hydrogens (tertiary/aromatic N) is 1. The van der Waals surface area contributed by atoms with Crippen LogP contribution in [0.2, 0.25) is 0 Å². The average Bonchev–Trinajstić information content (AvgIpc) is 1.87. The third-order valence-corrected chi connectivity index (χ3v) is 1.34. The molecule has 0 saturated heterocycles. The molecular weight excluding hydrogens is 176 g/mol. The Hall–Kier alpha value is 0.530. The maximum Gasteiger partial charge on any atom is 1.00 e. The van der Waals surface area contributed by atoms with Crippen molar-refractivity contribution in [1.29, 1.82) is 0 Å². The fourth-order valence-electron chi connectivity index (χ4n) is 0.343. The Labute approximate surface area is 89.2 Å². The van der Waals surface area contributed by atoms with Crippen LogP contribution in [0.5, 0.6) is 0 Å². The second-order valence-electron chi connectivity index (χ2n) is 1.55. The van der Waals surface area contributed by atoms with Crippen LogP contribution in [0.25, 0.3) is 0 Å². The molecule has 0 aliphatic heterocycles. The topological polar surface area (TPSA) is 61.7 Å². The number of rotatable bonds is 5. The van der Waals surface area contributed by atoms with Crippen LogP contribution < -0.4 is 34.5 Å². The van der Waals surface area contributed by atoms with E-state index in [0.717, 1.165) is 0 Å². The first kappa shape index (κ1) is 14.1. The van der Waals surface area contributed by atoms with Gasteiger partial charge in [-0.15, -0.1) is 0 Å². The number of hydrogen-bond donors (Lipinski definition) is 0. The molecule has 4 nitrogen and oxygen atoms in total. The maximum absolute atomic E-state index is 9.97. The fourth-order valence-corrected chi connectivity index (χ4v) is 0.669. The summed E-state index contributed by atoms with van der Waals surface area (Å²) in [5, 5.41) is 3.47. The Morgan fingerprint density at radius 3 is 2.82 bits per heavy atom. The molecule has 0 aromatic heterocycles. The third kappa shape index (κ3) is 13.5. The number of oxime groups is 1. The van der Waals surface area contributed by atoms with Crippen molar-refractivity contribution in [1.82, 2.24) is 0 Å². The summed E-state index contributed by atoms with van der Waals surface area (Å²) in [5.41, 5.74) is 0. The summed E-state index contributed by atoms with van der Waals surface area (Å²) in [6, 6.07) is 0. The largest absolute Gasteiger partial charge is 1.00 e. The van der Waals surface area contributed by atoms with Crippen molar-refractivity contribution in [2.75, 3.05) is 12.8 Å². The van der Waals surface area contributed by atoms with Gasteiger partial charge in [0.2, 0.25) is 0 Å². The van der Waals surface area contributed by atoms with Gasteiger partial charge in [0.1, 0.15) is 12.8 Å². The van der Waals surface area contributed by atoms with E-state index in [9.17, 15) is 9.46 Å². The summed E-state index contributed by atoms with van der Waals surface area (Å²) in [6.07, 6.45) is 2.03. The SMILES string of the molecule is CCON=CCC[P+](=O)[O-].[Na+]. The summed E-state index contributed by atoms with van der Waals surface area (Å²) >= 11 is 0. The van der Waals surface area contributed by atoms with E-state index in [1.807, 2.05) is 6.92 Å². The summed E-state index contributed by atoms with van der Waals surface area (Å²) in [4.78, 5) is 14.6. The van der Waals surface area contributed by atoms with Gasteiger partial charge in [0.05, 0.1) is 0 Å². The molecule has 0 bridgehead atoms. The Morgan fingerprint density at radius 2 is 2.36 bits per heavy atom. The molecule has 0 aromatic carbocycles. The van der Waals surface area contributed by atoms with Crippen LogP contribution in [0.3, 0.4) is 0 Å². The van der Waals surface area contributed by atoms with Gasteiger partial charge < -0.3 is 9.73 Å². The predicted molar refractivity (Wildman–Crippen MR) is 37.2 cm³/mol. The molecule has 0 spiro atoms. The van der Waals surface area contributed by atoms with Gasteiger partial charge in [0.15, 0.2) is 0 Å². The minimum absolute atomic E-state index is 0. The van der Waals surface area contributed by atoms with Crippen molar-refractivity contribution < 1.29 is 43.9 Å². The Balaban J connectivity index is 0. The molecule has 0 aliphatic carbocycles. The zero-order chi connectivity index (χ0) is 7.82. The van der Waals surface area contributed by atoms with Gasteiger partial charge in [-0.2, -0.15) is 0 Å². The molecule has 0 heterocycles. The van der Waals surface area contributed by atoms with E-state index in [2.05, 4.69) is 9.99 Å². The van der Waals surface area contributed by atoms with E-state index >= 15 is 0 Å². The van der Waals surface area contributed by atoms with Gasteiger partial charge in [0, 0.05) is 12.6 Å². The first-order valence-electron chi connectivity index (χ1n) is 3.03. The van der Waals surface area contributed by atoms with Crippen LogP contribution in [0.1, 0.15) is 13.3 Å². The minimum atomic E-state index is -2.27. The standard InChI is InChI=1S/C5H10NO3P.Na/c1-2-9-6-4-3-5-10(7)8;/h4H,2-3,5H2,1H3;/q;+1. The zero-order valence-electron chi connectivity index (χ0n) is 6.82. The van der Waals surface area contributed by atoms with E-state index < -0.39 is 8.03 Å². The fraction of sp³-hybridized carbons (Fsp3) is 0.800. The quantitative estimate of drug-likeness (QED) is 0.206. The van der Waals surface area contributed by atoms with Crippen molar-refractivity contribution >= 4 is 14.2 Å². The van der Waals surface area contributed by atoms with E-state index in [-0.39, 0.29) is 35.7 Å². The van der Waals surface area contributed by atoms with E-state index in [1.54, 1.807) is 0 Å². The van der Waals surface area contributed by atoms with Gasteiger partial charge >= 0.3 is 37.6 Å². The van der Waals surface area contributed by atoms with E-state index in [1.165, 1.54) is 6.21 Å². The van der Waals surface area contributed by atoms with Crippen molar-refractivity contribution in [3.63, 3.8) is 0 Å². The van der Waals surface area contributed by atoms with Crippen LogP contribution in [0, 0.1) is 0 Å². The molecule has 0 aliphatic rings. The average molecular weight is 186 g/mol. The molecule has 0 amide bonds. The molecule has 0 N–H and O–H groups in total. The summed E-state index contributed by atoms with van der Waals surface area (Å²) < 4.78 is 9.97. The van der Waals surface area contributed by atoms with Crippen molar-refractivity contribution in [2.45, 2.75) is 13.3 Å². The van der Waals surface area contributed by atoms with Crippen molar-refractivity contribution in [3.8, 4) is 0 Å². The van der Waals surface area contributed by atoms with E-state index in [0.29, 0.717) is 13.0 Å². The molecule has 0 fully saturated rings. The molecule has 1 unspecified atom stereocenters. The second-order valence-corrected chi connectivity index (χ2v) is 2.66. The molecule has 0 aromatic rings. The Morgan fingerprint density at radius 1 is 1.73 bits per heavy atom. The number of hydrogen-bond acceptors (Lipinski definition) is 4. The van der Waals surface area contributed by atoms with Crippen LogP contribution in [-0.2, 0) is 9.40 Å². The molecule has 11 heavy (non-hydrogen) atoms. The summed E-state index contributed by atoms with van der Waals surface area (Å²) in [5.74, 6) is 0. The molecule has 1 atom stereocenters. The monoisotopic (exact) mass is 186 g/mol. The van der Waals surface area contributed by atoms with Crippen LogP contribution >= 0.6 is 8.03 Å². The second kappa shape index (κ2) is 10.5. The van der Waals surface area contributed by atoms with Gasteiger partial charge in [-0.25, -0.2) is 0 Å². The first-order chi connectivity index (χ1) is 4.77. The molecule has 58 valence electrons. The molecule has 0 saturated carbocycles. The van der Waals surface area contributed by atoms with Crippen molar-refractivity contribution in [3.05, 3.63) is 0 Å².